The molecule has 0 radical (unpaired) electrons. The Labute approximate surface area is 149 Å². The highest BCUT2D eigenvalue weighted by Crippen LogP contribution is 2.22. The largest absolute Gasteiger partial charge is 0.483 e. The molecule has 0 spiro atoms. The maximum atomic E-state index is 12.0. The van der Waals surface area contributed by atoms with Crippen LogP contribution >= 0.6 is 11.6 Å². The Morgan fingerprint density at radius 3 is 2.72 bits per heavy atom. The smallest absolute Gasteiger partial charge is 0.270 e. The molecular formula is C18H16ClN3O3. The fourth-order valence-electron chi connectivity index (χ4n) is 2.17. The van der Waals surface area contributed by atoms with Crippen LogP contribution in [-0.4, -0.2) is 22.7 Å². The molecule has 0 aliphatic carbocycles. The summed E-state index contributed by atoms with van der Waals surface area (Å²) in [6, 6.07) is 12.6. The van der Waals surface area contributed by atoms with Crippen LogP contribution in [0.25, 0.3) is 11.5 Å². The molecule has 0 unspecified atom stereocenters. The summed E-state index contributed by atoms with van der Waals surface area (Å²) < 4.78 is 10.7. The Balaban J connectivity index is 1.60. The molecule has 1 heterocycles. The Morgan fingerprint density at radius 1 is 1.20 bits per heavy atom. The van der Waals surface area contributed by atoms with Gasteiger partial charge in [0.25, 0.3) is 17.7 Å². The van der Waals surface area contributed by atoms with E-state index in [0.29, 0.717) is 22.2 Å². The summed E-state index contributed by atoms with van der Waals surface area (Å²) in [6.07, 6.45) is 0. The molecule has 0 saturated carbocycles. The van der Waals surface area contributed by atoms with Crippen LogP contribution in [0, 0.1) is 13.8 Å². The number of carbonyl (C=O) groups is 1. The number of ether oxygens (including phenoxy) is 1. The quantitative estimate of drug-likeness (QED) is 0.746. The third kappa shape index (κ3) is 4.16. The molecule has 1 aromatic heterocycles. The van der Waals surface area contributed by atoms with Crippen LogP contribution in [0.2, 0.25) is 5.02 Å². The summed E-state index contributed by atoms with van der Waals surface area (Å²) in [7, 11) is 0. The summed E-state index contributed by atoms with van der Waals surface area (Å²) >= 11 is 5.84. The summed E-state index contributed by atoms with van der Waals surface area (Å²) in [5, 5.41) is 6.89. The van der Waals surface area contributed by atoms with Gasteiger partial charge in [-0.1, -0.05) is 23.7 Å². The molecule has 3 rings (SSSR count). The van der Waals surface area contributed by atoms with Gasteiger partial charge in [0.05, 0.1) is 0 Å². The molecule has 7 heteroatoms. The number of rotatable bonds is 5. The van der Waals surface area contributed by atoms with E-state index in [1.807, 2.05) is 32.0 Å². The molecule has 0 aliphatic heterocycles. The van der Waals surface area contributed by atoms with E-state index in [-0.39, 0.29) is 18.5 Å². The van der Waals surface area contributed by atoms with Gasteiger partial charge in [-0.05, 0) is 60.5 Å². The zero-order valence-electron chi connectivity index (χ0n) is 13.7. The summed E-state index contributed by atoms with van der Waals surface area (Å²) in [6.45, 7) is 3.79. The highest BCUT2D eigenvalue weighted by molar-refractivity contribution is 6.30. The fraction of sp³-hybridized carbons (Fsp3) is 0.167. The maximum absolute atomic E-state index is 12.0. The fourth-order valence-corrected chi connectivity index (χ4v) is 2.29. The molecule has 0 atom stereocenters. The SMILES string of the molecule is Cc1cccc(OCC(=O)Nc2noc(-c3ccc(Cl)cc3)n2)c1C. The molecule has 0 saturated heterocycles. The topological polar surface area (TPSA) is 77.2 Å². The lowest BCUT2D eigenvalue weighted by Gasteiger charge is -2.09. The minimum Gasteiger partial charge on any atom is -0.483 e. The van der Waals surface area contributed by atoms with E-state index in [9.17, 15) is 4.79 Å². The second kappa shape index (κ2) is 7.36. The van der Waals surface area contributed by atoms with E-state index in [2.05, 4.69) is 15.5 Å². The molecule has 128 valence electrons. The molecule has 0 bridgehead atoms. The zero-order chi connectivity index (χ0) is 17.8. The molecule has 0 fully saturated rings. The van der Waals surface area contributed by atoms with Crippen LogP contribution in [0.4, 0.5) is 5.95 Å². The third-order valence-corrected chi connectivity index (χ3v) is 3.93. The average Bonchev–Trinajstić information content (AvgIpc) is 3.05. The van der Waals surface area contributed by atoms with E-state index in [4.69, 9.17) is 20.9 Å². The Bertz CT molecular complexity index is 891. The predicted molar refractivity (Wildman–Crippen MR) is 94.8 cm³/mol. The van der Waals surface area contributed by atoms with Gasteiger partial charge in [0.1, 0.15) is 5.75 Å². The first-order valence-electron chi connectivity index (χ1n) is 7.61. The van der Waals surface area contributed by atoms with Crippen molar-refractivity contribution in [3.05, 3.63) is 58.6 Å². The van der Waals surface area contributed by atoms with Crippen LogP contribution in [0.3, 0.4) is 0 Å². The highest BCUT2D eigenvalue weighted by atomic mass is 35.5. The first-order chi connectivity index (χ1) is 12.0. The summed E-state index contributed by atoms with van der Waals surface area (Å²) in [4.78, 5) is 16.1. The third-order valence-electron chi connectivity index (χ3n) is 3.68. The minimum atomic E-state index is -0.371. The van der Waals surface area contributed by atoms with E-state index in [1.165, 1.54) is 0 Å². The molecule has 6 nitrogen and oxygen atoms in total. The van der Waals surface area contributed by atoms with Crippen molar-refractivity contribution in [1.82, 2.24) is 10.1 Å². The van der Waals surface area contributed by atoms with Gasteiger partial charge in [-0.2, -0.15) is 4.98 Å². The van der Waals surface area contributed by atoms with E-state index in [0.717, 1.165) is 11.1 Å². The van der Waals surface area contributed by atoms with Gasteiger partial charge in [-0.25, -0.2) is 0 Å². The van der Waals surface area contributed by atoms with E-state index >= 15 is 0 Å². The van der Waals surface area contributed by atoms with Crippen molar-refractivity contribution in [2.45, 2.75) is 13.8 Å². The number of hydrogen-bond donors (Lipinski definition) is 1. The predicted octanol–water partition coefficient (Wildman–Crippen LogP) is 4.02. The number of aryl methyl sites for hydroxylation is 1. The monoisotopic (exact) mass is 357 g/mol. The number of nitrogens with one attached hydrogen (secondary N) is 1. The maximum Gasteiger partial charge on any atom is 0.270 e. The first-order valence-corrected chi connectivity index (χ1v) is 7.99. The number of hydrogen-bond acceptors (Lipinski definition) is 5. The van der Waals surface area contributed by atoms with Gasteiger partial charge in [0.15, 0.2) is 6.61 Å². The highest BCUT2D eigenvalue weighted by Gasteiger charge is 2.12. The molecule has 1 amide bonds. The van der Waals surface area contributed by atoms with Crippen molar-refractivity contribution in [3.8, 4) is 17.2 Å². The second-order valence-corrected chi connectivity index (χ2v) is 5.90. The van der Waals surface area contributed by atoms with Gasteiger partial charge in [-0.15, -0.1) is 0 Å². The number of nitrogens with zero attached hydrogens (tertiary/aromatic N) is 2. The zero-order valence-corrected chi connectivity index (χ0v) is 14.5. The van der Waals surface area contributed by atoms with Crippen LogP contribution in [0.5, 0.6) is 5.75 Å². The molecular weight excluding hydrogens is 342 g/mol. The second-order valence-electron chi connectivity index (χ2n) is 5.46. The van der Waals surface area contributed by atoms with Gasteiger partial charge in [-0.3, -0.25) is 10.1 Å². The number of halogens is 1. The van der Waals surface area contributed by atoms with Crippen LogP contribution < -0.4 is 10.1 Å². The van der Waals surface area contributed by atoms with Crippen molar-refractivity contribution < 1.29 is 14.1 Å². The van der Waals surface area contributed by atoms with Gasteiger partial charge < -0.3 is 9.26 Å². The van der Waals surface area contributed by atoms with Crippen LogP contribution in [0.15, 0.2) is 47.0 Å². The molecule has 3 aromatic rings. The number of carbonyl (C=O) groups excluding carboxylic acids is 1. The lowest BCUT2D eigenvalue weighted by Crippen LogP contribution is -2.21. The Hall–Kier alpha value is -2.86. The minimum absolute atomic E-state index is 0.0829. The molecule has 2 aromatic carbocycles. The number of benzene rings is 2. The van der Waals surface area contributed by atoms with Crippen molar-refractivity contribution in [2.24, 2.45) is 0 Å². The van der Waals surface area contributed by atoms with Crippen molar-refractivity contribution in [2.75, 3.05) is 11.9 Å². The van der Waals surface area contributed by atoms with Gasteiger partial charge in [0, 0.05) is 10.6 Å². The molecule has 0 aliphatic rings. The molecule has 25 heavy (non-hydrogen) atoms. The van der Waals surface area contributed by atoms with E-state index in [1.54, 1.807) is 24.3 Å². The number of aromatic nitrogens is 2. The Kier molecular flexibility index (Phi) is 5.00. The standard InChI is InChI=1S/C18H16ClN3O3/c1-11-4-3-5-15(12(11)2)24-10-16(23)20-18-21-17(25-22-18)13-6-8-14(19)9-7-13/h3-9H,10H2,1-2H3,(H,20,22,23). The lowest BCUT2D eigenvalue weighted by atomic mass is 10.1. The van der Waals surface area contributed by atoms with E-state index < -0.39 is 0 Å². The first kappa shape index (κ1) is 17.0. The van der Waals surface area contributed by atoms with Crippen LogP contribution in [-0.2, 0) is 4.79 Å². The van der Waals surface area contributed by atoms with Gasteiger partial charge >= 0.3 is 0 Å². The van der Waals surface area contributed by atoms with Crippen molar-refractivity contribution in [1.29, 1.82) is 0 Å². The van der Waals surface area contributed by atoms with Gasteiger partial charge in [0.2, 0.25) is 0 Å². The Morgan fingerprint density at radius 2 is 1.96 bits per heavy atom. The number of anilines is 1. The molecule has 1 N–H and O–H groups in total. The van der Waals surface area contributed by atoms with Crippen LogP contribution in [0.1, 0.15) is 11.1 Å². The summed E-state index contributed by atoms with van der Waals surface area (Å²) in [5.74, 6) is 0.677. The lowest BCUT2D eigenvalue weighted by molar-refractivity contribution is -0.118. The average molecular weight is 358 g/mol. The summed E-state index contributed by atoms with van der Waals surface area (Å²) in [5.41, 5.74) is 2.81. The number of amides is 1. The van der Waals surface area contributed by atoms with Crippen molar-refractivity contribution in [3.63, 3.8) is 0 Å². The normalized spacial score (nSPS) is 10.5. The van der Waals surface area contributed by atoms with Crippen molar-refractivity contribution >= 4 is 23.5 Å².